The third kappa shape index (κ3) is 3.75. The lowest BCUT2D eigenvalue weighted by molar-refractivity contribution is 0.0899. The summed E-state index contributed by atoms with van der Waals surface area (Å²) >= 11 is 0. The number of rotatable bonds is 6. The van der Waals surface area contributed by atoms with Gasteiger partial charge in [-0.15, -0.1) is 0 Å². The fraction of sp³-hybridized carbons (Fsp3) is 0.462. The Morgan fingerprint density at radius 3 is 2.53 bits per heavy atom. The van der Waals surface area contributed by atoms with E-state index < -0.39 is 0 Å². The van der Waals surface area contributed by atoms with Gasteiger partial charge >= 0.3 is 0 Å². The summed E-state index contributed by atoms with van der Waals surface area (Å²) in [7, 11) is 3.17. The largest absolute Gasteiger partial charge is 0.493 e. The Morgan fingerprint density at radius 2 is 2.00 bits per heavy atom. The quantitative estimate of drug-likeness (QED) is 0.713. The van der Waals surface area contributed by atoms with E-state index in [-0.39, 0.29) is 11.9 Å². The van der Waals surface area contributed by atoms with E-state index in [9.17, 15) is 4.79 Å². The standard InChI is InChI=1S/C13H18O4/c1-9(8-15-3)17-12-6-5-11(10(2)14)7-13(12)16-4/h5-7,9H,8H2,1-4H3. The highest BCUT2D eigenvalue weighted by molar-refractivity contribution is 5.94. The van der Waals surface area contributed by atoms with Crippen molar-refractivity contribution >= 4 is 5.78 Å². The first-order valence-electron chi connectivity index (χ1n) is 5.43. The van der Waals surface area contributed by atoms with Crippen LogP contribution in [-0.2, 0) is 4.74 Å². The van der Waals surface area contributed by atoms with Crippen LogP contribution in [0.2, 0.25) is 0 Å². The van der Waals surface area contributed by atoms with Gasteiger partial charge in [0.25, 0.3) is 0 Å². The van der Waals surface area contributed by atoms with E-state index in [4.69, 9.17) is 14.2 Å². The lowest BCUT2D eigenvalue weighted by Gasteiger charge is -2.16. The molecule has 1 rings (SSSR count). The van der Waals surface area contributed by atoms with Gasteiger partial charge in [0.1, 0.15) is 6.10 Å². The van der Waals surface area contributed by atoms with Gasteiger partial charge in [-0.25, -0.2) is 0 Å². The fourth-order valence-corrected chi connectivity index (χ4v) is 1.47. The van der Waals surface area contributed by atoms with Crippen LogP contribution in [0.4, 0.5) is 0 Å². The lowest BCUT2D eigenvalue weighted by Crippen LogP contribution is -2.18. The van der Waals surface area contributed by atoms with Gasteiger partial charge in [0.2, 0.25) is 0 Å². The van der Waals surface area contributed by atoms with Crippen LogP contribution in [0.1, 0.15) is 24.2 Å². The first-order valence-corrected chi connectivity index (χ1v) is 5.43. The summed E-state index contributed by atoms with van der Waals surface area (Å²) in [6, 6.07) is 5.14. The Morgan fingerprint density at radius 1 is 1.29 bits per heavy atom. The Balaban J connectivity index is 2.88. The number of ether oxygens (including phenoxy) is 3. The van der Waals surface area contributed by atoms with Gasteiger partial charge in [0.15, 0.2) is 17.3 Å². The summed E-state index contributed by atoms with van der Waals surface area (Å²) in [6.07, 6.45) is -0.0721. The van der Waals surface area contributed by atoms with Crippen LogP contribution in [0, 0.1) is 0 Å². The van der Waals surface area contributed by atoms with Crippen molar-refractivity contribution in [1.82, 2.24) is 0 Å². The second kappa shape index (κ2) is 6.25. The first-order chi connectivity index (χ1) is 8.08. The van der Waals surface area contributed by atoms with Gasteiger partial charge < -0.3 is 14.2 Å². The molecule has 0 aliphatic heterocycles. The molecular formula is C13H18O4. The summed E-state index contributed by atoms with van der Waals surface area (Å²) < 4.78 is 15.8. The van der Waals surface area contributed by atoms with Gasteiger partial charge in [-0.1, -0.05) is 0 Å². The summed E-state index contributed by atoms with van der Waals surface area (Å²) in [6.45, 7) is 3.92. The second-order valence-corrected chi connectivity index (χ2v) is 3.81. The van der Waals surface area contributed by atoms with Crippen LogP contribution in [0.15, 0.2) is 18.2 Å². The van der Waals surface area contributed by atoms with Crippen LogP contribution in [0.5, 0.6) is 11.5 Å². The average Bonchev–Trinajstić information content (AvgIpc) is 2.29. The maximum absolute atomic E-state index is 11.2. The van der Waals surface area contributed by atoms with E-state index in [1.54, 1.807) is 32.4 Å². The second-order valence-electron chi connectivity index (χ2n) is 3.81. The molecule has 0 heterocycles. The van der Waals surface area contributed by atoms with Crippen LogP contribution in [0.25, 0.3) is 0 Å². The molecule has 94 valence electrons. The molecule has 4 nitrogen and oxygen atoms in total. The molecule has 0 saturated carbocycles. The molecule has 17 heavy (non-hydrogen) atoms. The minimum atomic E-state index is -0.0721. The molecule has 0 fully saturated rings. The van der Waals surface area contributed by atoms with Gasteiger partial charge in [0, 0.05) is 12.7 Å². The number of ketones is 1. The highest BCUT2D eigenvalue weighted by atomic mass is 16.5. The first kappa shape index (κ1) is 13.5. The van der Waals surface area contributed by atoms with Gasteiger partial charge in [-0.2, -0.15) is 0 Å². The molecule has 0 radical (unpaired) electrons. The van der Waals surface area contributed by atoms with E-state index in [0.29, 0.717) is 23.7 Å². The number of benzene rings is 1. The number of Topliss-reactive ketones (excluding diaryl/α,β-unsaturated/α-hetero) is 1. The highest BCUT2D eigenvalue weighted by Gasteiger charge is 2.11. The summed E-state index contributed by atoms with van der Waals surface area (Å²) in [5.41, 5.74) is 0.605. The molecule has 0 aromatic heterocycles. The number of hydrogen-bond acceptors (Lipinski definition) is 4. The van der Waals surface area contributed by atoms with Gasteiger partial charge in [0.05, 0.1) is 13.7 Å². The zero-order valence-corrected chi connectivity index (χ0v) is 10.6. The van der Waals surface area contributed by atoms with Crippen molar-refractivity contribution in [3.05, 3.63) is 23.8 Å². The van der Waals surface area contributed by atoms with Crippen molar-refractivity contribution in [1.29, 1.82) is 0 Å². The monoisotopic (exact) mass is 238 g/mol. The summed E-state index contributed by atoms with van der Waals surface area (Å²) in [5.74, 6) is 1.17. The van der Waals surface area contributed by atoms with E-state index in [0.717, 1.165) is 0 Å². The molecule has 0 saturated heterocycles. The molecule has 0 bridgehead atoms. The highest BCUT2D eigenvalue weighted by Crippen LogP contribution is 2.29. The van der Waals surface area contributed by atoms with Crippen molar-refractivity contribution in [3.8, 4) is 11.5 Å². The average molecular weight is 238 g/mol. The minimum absolute atomic E-state index is 0.000194. The van der Waals surface area contributed by atoms with Crippen LogP contribution in [-0.4, -0.2) is 32.7 Å². The van der Waals surface area contributed by atoms with Crippen LogP contribution >= 0.6 is 0 Å². The van der Waals surface area contributed by atoms with E-state index in [2.05, 4.69) is 0 Å². The van der Waals surface area contributed by atoms with Gasteiger partial charge in [-0.3, -0.25) is 4.79 Å². The Labute approximate surface area is 101 Å². The topological polar surface area (TPSA) is 44.8 Å². The molecule has 1 aromatic carbocycles. The Bertz CT molecular complexity index is 387. The third-order valence-electron chi connectivity index (χ3n) is 2.30. The van der Waals surface area contributed by atoms with Crippen molar-refractivity contribution < 1.29 is 19.0 Å². The van der Waals surface area contributed by atoms with E-state index in [1.807, 2.05) is 6.92 Å². The zero-order chi connectivity index (χ0) is 12.8. The van der Waals surface area contributed by atoms with Gasteiger partial charge in [-0.05, 0) is 32.0 Å². The Kier molecular flexibility index (Phi) is 4.97. The molecule has 0 aliphatic carbocycles. The molecule has 0 N–H and O–H groups in total. The van der Waals surface area contributed by atoms with Crippen LogP contribution in [0.3, 0.4) is 0 Å². The summed E-state index contributed by atoms with van der Waals surface area (Å²) in [4.78, 5) is 11.2. The molecule has 0 amide bonds. The molecule has 0 spiro atoms. The van der Waals surface area contributed by atoms with E-state index in [1.165, 1.54) is 6.92 Å². The minimum Gasteiger partial charge on any atom is -0.493 e. The smallest absolute Gasteiger partial charge is 0.161 e. The molecule has 1 atom stereocenters. The fourth-order valence-electron chi connectivity index (χ4n) is 1.47. The SMILES string of the molecule is COCC(C)Oc1ccc(C(C)=O)cc1OC. The predicted molar refractivity (Wildman–Crippen MR) is 65.0 cm³/mol. The predicted octanol–water partition coefficient (Wildman–Crippen LogP) is 2.31. The van der Waals surface area contributed by atoms with Crippen molar-refractivity contribution in [2.24, 2.45) is 0 Å². The number of carbonyl (C=O) groups excluding carboxylic acids is 1. The molecule has 0 aliphatic rings. The molecule has 1 unspecified atom stereocenters. The molecule has 1 aromatic rings. The van der Waals surface area contributed by atoms with Crippen molar-refractivity contribution in [2.45, 2.75) is 20.0 Å². The number of methoxy groups -OCH3 is 2. The third-order valence-corrected chi connectivity index (χ3v) is 2.30. The summed E-state index contributed by atoms with van der Waals surface area (Å²) in [5, 5.41) is 0. The normalized spacial score (nSPS) is 12.0. The number of hydrogen-bond donors (Lipinski definition) is 0. The number of carbonyl (C=O) groups is 1. The van der Waals surface area contributed by atoms with Crippen molar-refractivity contribution in [3.63, 3.8) is 0 Å². The zero-order valence-electron chi connectivity index (χ0n) is 10.6. The molecule has 4 heteroatoms. The van der Waals surface area contributed by atoms with E-state index >= 15 is 0 Å². The molecular weight excluding hydrogens is 220 g/mol. The maximum Gasteiger partial charge on any atom is 0.161 e. The van der Waals surface area contributed by atoms with Crippen molar-refractivity contribution in [2.75, 3.05) is 20.8 Å². The Hall–Kier alpha value is -1.55. The lowest BCUT2D eigenvalue weighted by atomic mass is 10.1. The van der Waals surface area contributed by atoms with Crippen LogP contribution < -0.4 is 9.47 Å². The maximum atomic E-state index is 11.2.